The molecule has 1 aliphatic rings. The van der Waals surface area contributed by atoms with Crippen LogP contribution in [0.15, 0.2) is 53.6 Å². The van der Waals surface area contributed by atoms with E-state index < -0.39 is 6.04 Å². The number of anilines is 1. The van der Waals surface area contributed by atoms with E-state index in [4.69, 9.17) is 0 Å². The Morgan fingerprint density at radius 3 is 2.71 bits per heavy atom. The van der Waals surface area contributed by atoms with Gasteiger partial charge in [-0.1, -0.05) is 24.3 Å². The van der Waals surface area contributed by atoms with Crippen LogP contribution < -0.4 is 10.7 Å². The van der Waals surface area contributed by atoms with Gasteiger partial charge in [-0.3, -0.25) is 5.43 Å². The fourth-order valence-electron chi connectivity index (χ4n) is 2.31. The molecular weight excluding hydrogens is 266 g/mol. The maximum atomic E-state index is 11.1. The van der Waals surface area contributed by atoms with Crippen molar-refractivity contribution in [3.05, 3.63) is 59.7 Å². The minimum absolute atomic E-state index is 0.233. The number of hydrogen-bond donors (Lipinski definition) is 3. The van der Waals surface area contributed by atoms with Crippen molar-refractivity contribution >= 4 is 17.7 Å². The molecule has 21 heavy (non-hydrogen) atoms. The summed E-state index contributed by atoms with van der Waals surface area (Å²) in [7, 11) is 0. The lowest BCUT2D eigenvalue weighted by atomic mass is 9.96. The van der Waals surface area contributed by atoms with Crippen LogP contribution in [0.3, 0.4) is 0 Å². The molecule has 0 saturated heterocycles. The Balaban J connectivity index is 1.78. The van der Waals surface area contributed by atoms with Gasteiger partial charge < -0.3 is 15.2 Å². The molecular formula is C16H15N3O2. The van der Waals surface area contributed by atoms with Crippen LogP contribution >= 0.6 is 0 Å². The smallest absolute Gasteiger partial charge is 0.148 e. The fourth-order valence-corrected chi connectivity index (χ4v) is 2.31. The lowest BCUT2D eigenvalue weighted by molar-refractivity contribution is -0.109. The first-order valence-corrected chi connectivity index (χ1v) is 6.67. The normalized spacial score (nSPS) is 16.4. The Morgan fingerprint density at radius 2 is 1.95 bits per heavy atom. The molecule has 5 heteroatoms. The third-order valence-electron chi connectivity index (χ3n) is 3.41. The molecule has 3 N–H and O–H groups in total. The zero-order valence-corrected chi connectivity index (χ0v) is 11.3. The van der Waals surface area contributed by atoms with E-state index in [9.17, 15) is 9.90 Å². The minimum atomic E-state index is -0.390. The van der Waals surface area contributed by atoms with Gasteiger partial charge in [0, 0.05) is 11.3 Å². The van der Waals surface area contributed by atoms with Gasteiger partial charge in [0.15, 0.2) is 0 Å². The van der Waals surface area contributed by atoms with Crippen molar-refractivity contribution in [1.82, 2.24) is 5.43 Å². The molecule has 3 rings (SSSR count). The summed E-state index contributed by atoms with van der Waals surface area (Å²) in [5, 5.41) is 16.8. The summed E-state index contributed by atoms with van der Waals surface area (Å²) in [6, 6.07) is 14.2. The Morgan fingerprint density at radius 1 is 1.19 bits per heavy atom. The second kappa shape index (κ2) is 5.66. The molecule has 0 amide bonds. The second-order valence-corrected chi connectivity index (χ2v) is 4.79. The van der Waals surface area contributed by atoms with Crippen LogP contribution in [-0.2, 0) is 4.79 Å². The lowest BCUT2D eigenvalue weighted by Crippen LogP contribution is -2.30. The number of phenols is 1. The van der Waals surface area contributed by atoms with E-state index in [1.165, 1.54) is 0 Å². The van der Waals surface area contributed by atoms with Crippen molar-refractivity contribution in [2.45, 2.75) is 6.04 Å². The first-order valence-electron chi connectivity index (χ1n) is 6.67. The number of hydrazone groups is 1. The number of hydrogen-bond acceptors (Lipinski definition) is 5. The summed E-state index contributed by atoms with van der Waals surface area (Å²) < 4.78 is 0. The van der Waals surface area contributed by atoms with E-state index in [1.807, 2.05) is 24.3 Å². The third kappa shape index (κ3) is 2.72. The Labute approximate surface area is 122 Å². The Hall–Kier alpha value is -2.82. The molecule has 2 aromatic rings. The number of phenolic OH excluding ortho intramolecular Hbond substituents is 1. The maximum Gasteiger partial charge on any atom is 0.148 e. The summed E-state index contributed by atoms with van der Waals surface area (Å²) in [4.78, 5) is 11.1. The fraction of sp³-hybridized carbons (Fsp3) is 0.125. The molecule has 1 aliphatic heterocycles. The zero-order valence-electron chi connectivity index (χ0n) is 11.3. The highest BCUT2D eigenvalue weighted by Gasteiger charge is 2.21. The van der Waals surface area contributed by atoms with E-state index >= 15 is 0 Å². The van der Waals surface area contributed by atoms with Crippen LogP contribution in [0.1, 0.15) is 17.2 Å². The average Bonchev–Trinajstić information content (AvgIpc) is 2.54. The van der Waals surface area contributed by atoms with Gasteiger partial charge >= 0.3 is 0 Å². The molecule has 0 aromatic heterocycles. The van der Waals surface area contributed by atoms with Gasteiger partial charge in [0.25, 0.3) is 0 Å². The van der Waals surface area contributed by atoms with Crippen LogP contribution in [0.4, 0.5) is 5.69 Å². The van der Waals surface area contributed by atoms with Gasteiger partial charge in [0.2, 0.25) is 0 Å². The van der Waals surface area contributed by atoms with E-state index in [1.54, 1.807) is 24.3 Å². The van der Waals surface area contributed by atoms with Crippen molar-refractivity contribution < 1.29 is 9.90 Å². The van der Waals surface area contributed by atoms with Gasteiger partial charge in [-0.25, -0.2) is 0 Å². The topological polar surface area (TPSA) is 73.7 Å². The minimum Gasteiger partial charge on any atom is -0.508 e. The summed E-state index contributed by atoms with van der Waals surface area (Å²) in [6.45, 7) is 0.528. The van der Waals surface area contributed by atoms with Crippen LogP contribution in [0.5, 0.6) is 5.75 Å². The van der Waals surface area contributed by atoms with Crippen LogP contribution in [0.25, 0.3) is 0 Å². The van der Waals surface area contributed by atoms with Crippen molar-refractivity contribution in [2.24, 2.45) is 5.10 Å². The van der Waals surface area contributed by atoms with E-state index in [2.05, 4.69) is 15.8 Å². The van der Waals surface area contributed by atoms with Crippen molar-refractivity contribution in [3.8, 4) is 5.75 Å². The number of carbonyl (C=O) groups excluding carboxylic acids is 1. The SMILES string of the molecule is O=CC1NN=C(CNc2ccc(O)cc2)c2ccccc21. The molecule has 2 aromatic carbocycles. The third-order valence-corrected chi connectivity index (χ3v) is 3.41. The largest absolute Gasteiger partial charge is 0.508 e. The van der Waals surface area contributed by atoms with Crippen molar-refractivity contribution in [3.63, 3.8) is 0 Å². The number of rotatable bonds is 4. The van der Waals surface area contributed by atoms with E-state index in [-0.39, 0.29) is 5.75 Å². The number of fused-ring (bicyclic) bond motifs is 1. The first kappa shape index (κ1) is 13.2. The Kier molecular flexibility index (Phi) is 3.55. The second-order valence-electron chi connectivity index (χ2n) is 4.79. The zero-order chi connectivity index (χ0) is 14.7. The summed E-state index contributed by atoms with van der Waals surface area (Å²) in [6.07, 6.45) is 0.854. The number of aromatic hydroxyl groups is 1. The predicted octanol–water partition coefficient (Wildman–Crippen LogP) is 2.05. The predicted molar refractivity (Wildman–Crippen MR) is 81.5 cm³/mol. The first-order chi connectivity index (χ1) is 10.3. The molecule has 0 fully saturated rings. The highest BCUT2D eigenvalue weighted by atomic mass is 16.3. The van der Waals surface area contributed by atoms with Crippen LogP contribution in [0, 0.1) is 0 Å². The maximum absolute atomic E-state index is 11.1. The number of benzene rings is 2. The van der Waals surface area contributed by atoms with Gasteiger partial charge in [-0.15, -0.1) is 0 Å². The van der Waals surface area contributed by atoms with Crippen LogP contribution in [-0.4, -0.2) is 23.6 Å². The van der Waals surface area contributed by atoms with E-state index in [0.29, 0.717) is 6.54 Å². The molecule has 1 unspecified atom stereocenters. The summed E-state index contributed by atoms with van der Waals surface area (Å²) >= 11 is 0. The molecule has 0 radical (unpaired) electrons. The van der Waals surface area contributed by atoms with Crippen molar-refractivity contribution in [1.29, 1.82) is 0 Å². The highest BCUT2D eigenvalue weighted by molar-refractivity contribution is 6.05. The monoisotopic (exact) mass is 281 g/mol. The molecule has 0 spiro atoms. The number of nitrogens with zero attached hydrogens (tertiary/aromatic N) is 1. The van der Waals surface area contributed by atoms with Gasteiger partial charge in [-0.05, 0) is 29.8 Å². The summed E-state index contributed by atoms with van der Waals surface area (Å²) in [5.74, 6) is 0.233. The molecule has 0 bridgehead atoms. The van der Waals surface area contributed by atoms with Gasteiger partial charge in [0.1, 0.15) is 18.1 Å². The summed E-state index contributed by atoms with van der Waals surface area (Å²) in [5.41, 5.74) is 6.51. The molecule has 0 aliphatic carbocycles. The standard InChI is InChI=1S/C16H15N3O2/c20-10-16-14-4-2-1-3-13(14)15(18-19-16)9-17-11-5-7-12(21)8-6-11/h1-8,10,16-17,19,21H,9H2. The quantitative estimate of drug-likeness (QED) is 0.592. The lowest BCUT2D eigenvalue weighted by Gasteiger charge is -2.22. The average molecular weight is 281 g/mol. The molecule has 1 heterocycles. The number of aldehydes is 1. The number of carbonyl (C=O) groups is 1. The van der Waals surface area contributed by atoms with Gasteiger partial charge in [0.05, 0.1) is 12.3 Å². The van der Waals surface area contributed by atoms with Crippen molar-refractivity contribution in [2.75, 3.05) is 11.9 Å². The van der Waals surface area contributed by atoms with E-state index in [0.717, 1.165) is 28.8 Å². The molecule has 0 saturated carbocycles. The highest BCUT2D eigenvalue weighted by Crippen LogP contribution is 2.22. The molecule has 1 atom stereocenters. The number of nitrogens with one attached hydrogen (secondary N) is 2. The Bertz CT molecular complexity index is 680. The van der Waals surface area contributed by atoms with Crippen LogP contribution in [0.2, 0.25) is 0 Å². The molecule has 5 nitrogen and oxygen atoms in total. The molecule has 106 valence electrons. The van der Waals surface area contributed by atoms with Gasteiger partial charge in [-0.2, -0.15) is 5.10 Å².